The SMILES string of the molecule is O=C(NCc1nc2ccccc2[nH]1)C1=C[C@H](c2ccc(I)cc2)C[C@H](OCc2ccc(CO)cc2)O1. The highest BCUT2D eigenvalue weighted by molar-refractivity contribution is 14.1. The molecule has 36 heavy (non-hydrogen) atoms. The molecule has 0 saturated carbocycles. The largest absolute Gasteiger partial charge is 0.459 e. The summed E-state index contributed by atoms with van der Waals surface area (Å²) in [6.45, 7) is 0.594. The van der Waals surface area contributed by atoms with Gasteiger partial charge in [0.2, 0.25) is 6.29 Å². The van der Waals surface area contributed by atoms with E-state index in [9.17, 15) is 9.90 Å². The number of carbonyl (C=O) groups excluding carboxylic acids is 1. The summed E-state index contributed by atoms with van der Waals surface area (Å²) in [6, 6.07) is 23.6. The van der Waals surface area contributed by atoms with E-state index in [1.807, 2.05) is 54.6 Å². The number of ether oxygens (including phenoxy) is 2. The Hall–Kier alpha value is -3.21. The Balaban J connectivity index is 1.29. The van der Waals surface area contributed by atoms with E-state index in [0.29, 0.717) is 18.9 Å². The van der Waals surface area contributed by atoms with E-state index in [-0.39, 0.29) is 30.7 Å². The number of aromatic nitrogens is 2. The molecule has 3 aromatic carbocycles. The van der Waals surface area contributed by atoms with Gasteiger partial charge in [-0.25, -0.2) is 4.98 Å². The Morgan fingerprint density at radius 3 is 2.58 bits per heavy atom. The number of hydrogen-bond donors (Lipinski definition) is 3. The number of aliphatic hydroxyl groups is 1. The second kappa shape index (κ2) is 11.2. The Labute approximate surface area is 222 Å². The molecule has 0 saturated heterocycles. The smallest absolute Gasteiger partial charge is 0.286 e. The average molecular weight is 595 g/mol. The van der Waals surface area contributed by atoms with Crippen LogP contribution in [0.2, 0.25) is 0 Å². The van der Waals surface area contributed by atoms with Crippen molar-refractivity contribution in [2.24, 2.45) is 0 Å². The highest BCUT2D eigenvalue weighted by atomic mass is 127. The minimum absolute atomic E-state index is 0.00185. The van der Waals surface area contributed by atoms with Crippen molar-refractivity contribution in [3.05, 3.63) is 111 Å². The maximum absolute atomic E-state index is 13.1. The van der Waals surface area contributed by atoms with Crippen LogP contribution in [0.4, 0.5) is 0 Å². The molecule has 184 valence electrons. The summed E-state index contributed by atoms with van der Waals surface area (Å²) in [5, 5.41) is 12.2. The third kappa shape index (κ3) is 5.95. The van der Waals surface area contributed by atoms with Gasteiger partial charge >= 0.3 is 0 Å². The number of nitrogens with one attached hydrogen (secondary N) is 2. The lowest BCUT2D eigenvalue weighted by Gasteiger charge is -2.29. The molecule has 1 aromatic heterocycles. The number of rotatable bonds is 8. The molecular formula is C28H26IN3O4. The summed E-state index contributed by atoms with van der Waals surface area (Å²) in [5.74, 6) is 0.576. The first kappa shape index (κ1) is 24.5. The topological polar surface area (TPSA) is 96.5 Å². The number of para-hydroxylation sites is 2. The monoisotopic (exact) mass is 595 g/mol. The predicted octanol–water partition coefficient (Wildman–Crippen LogP) is 4.91. The number of benzene rings is 3. The fourth-order valence-electron chi connectivity index (χ4n) is 4.13. The van der Waals surface area contributed by atoms with E-state index in [1.165, 1.54) is 0 Å². The number of H-pyrrole nitrogens is 1. The lowest BCUT2D eigenvalue weighted by atomic mass is 9.93. The van der Waals surface area contributed by atoms with Crippen molar-refractivity contribution in [1.82, 2.24) is 15.3 Å². The van der Waals surface area contributed by atoms with Crippen molar-refractivity contribution < 1.29 is 19.4 Å². The normalized spacial score (nSPS) is 17.4. The van der Waals surface area contributed by atoms with Crippen molar-refractivity contribution >= 4 is 39.5 Å². The van der Waals surface area contributed by atoms with Crippen LogP contribution in [0, 0.1) is 3.57 Å². The van der Waals surface area contributed by atoms with Gasteiger partial charge in [-0.05, 0) is 69.6 Å². The first-order valence-corrected chi connectivity index (χ1v) is 12.8. The van der Waals surface area contributed by atoms with Crippen LogP contribution < -0.4 is 5.32 Å². The van der Waals surface area contributed by atoms with E-state index in [4.69, 9.17) is 9.47 Å². The highest BCUT2D eigenvalue weighted by Gasteiger charge is 2.29. The summed E-state index contributed by atoms with van der Waals surface area (Å²) >= 11 is 2.28. The number of amides is 1. The highest BCUT2D eigenvalue weighted by Crippen LogP contribution is 2.32. The van der Waals surface area contributed by atoms with Crippen LogP contribution in [0.1, 0.15) is 34.9 Å². The zero-order chi connectivity index (χ0) is 24.9. The third-order valence-electron chi connectivity index (χ3n) is 6.08. The lowest BCUT2D eigenvalue weighted by Crippen LogP contribution is -2.32. The molecule has 0 spiro atoms. The molecule has 5 rings (SSSR count). The molecule has 0 aliphatic carbocycles. The van der Waals surface area contributed by atoms with Crippen LogP contribution in [-0.4, -0.2) is 27.3 Å². The standard InChI is InChI=1S/C28H26IN3O4/c29-22-11-9-20(10-12-22)21-13-25(28(34)30-15-26-31-23-3-1-2-4-24(23)32-26)36-27(14-21)35-17-19-7-5-18(16-33)6-8-19/h1-13,21,27,33H,14-17H2,(H,30,34)(H,31,32)/t21-,27+/m0/s1. The molecule has 3 N–H and O–H groups in total. The molecule has 0 unspecified atom stereocenters. The fourth-order valence-corrected chi connectivity index (χ4v) is 4.49. The maximum Gasteiger partial charge on any atom is 0.286 e. The van der Waals surface area contributed by atoms with Crippen molar-refractivity contribution in [1.29, 1.82) is 0 Å². The van der Waals surface area contributed by atoms with Crippen LogP contribution in [-0.2, 0) is 34.0 Å². The van der Waals surface area contributed by atoms with Crippen molar-refractivity contribution in [2.45, 2.75) is 38.4 Å². The van der Waals surface area contributed by atoms with Crippen LogP contribution in [0.15, 0.2) is 84.6 Å². The van der Waals surface area contributed by atoms with Crippen LogP contribution in [0.5, 0.6) is 0 Å². The molecule has 1 aliphatic rings. The van der Waals surface area contributed by atoms with Gasteiger partial charge in [-0.3, -0.25) is 4.79 Å². The van der Waals surface area contributed by atoms with E-state index in [2.05, 4.69) is 62.1 Å². The molecule has 1 aliphatic heterocycles. The van der Waals surface area contributed by atoms with Crippen molar-refractivity contribution in [3.8, 4) is 0 Å². The molecule has 0 radical (unpaired) electrons. The number of nitrogens with zero attached hydrogens (tertiary/aromatic N) is 1. The predicted molar refractivity (Wildman–Crippen MR) is 145 cm³/mol. The van der Waals surface area contributed by atoms with Gasteiger partial charge < -0.3 is 24.9 Å². The summed E-state index contributed by atoms with van der Waals surface area (Å²) in [5.41, 5.74) is 4.69. The van der Waals surface area contributed by atoms with Gasteiger partial charge in [-0.15, -0.1) is 0 Å². The van der Waals surface area contributed by atoms with E-state index < -0.39 is 6.29 Å². The van der Waals surface area contributed by atoms with Gasteiger partial charge in [0.25, 0.3) is 5.91 Å². The van der Waals surface area contributed by atoms with E-state index in [1.54, 1.807) is 0 Å². The number of fused-ring (bicyclic) bond motifs is 1. The summed E-state index contributed by atoms with van der Waals surface area (Å²) < 4.78 is 13.2. The van der Waals surface area contributed by atoms with Gasteiger partial charge in [0.05, 0.1) is 30.8 Å². The first-order valence-electron chi connectivity index (χ1n) is 11.7. The second-order valence-electron chi connectivity index (χ2n) is 8.64. The number of aromatic amines is 1. The molecule has 0 fully saturated rings. The Morgan fingerprint density at radius 1 is 1.08 bits per heavy atom. The quantitative estimate of drug-likeness (QED) is 0.252. The minimum Gasteiger partial charge on any atom is -0.459 e. The maximum atomic E-state index is 13.1. The number of aliphatic hydroxyl groups excluding tert-OH is 1. The van der Waals surface area contributed by atoms with Gasteiger partial charge in [-0.2, -0.15) is 0 Å². The van der Waals surface area contributed by atoms with Crippen molar-refractivity contribution in [3.63, 3.8) is 0 Å². The Kier molecular flexibility index (Phi) is 7.64. The number of hydrogen-bond acceptors (Lipinski definition) is 5. The van der Waals surface area contributed by atoms with Crippen LogP contribution in [0.25, 0.3) is 11.0 Å². The third-order valence-corrected chi connectivity index (χ3v) is 6.79. The zero-order valence-electron chi connectivity index (χ0n) is 19.5. The molecule has 0 bridgehead atoms. The molecule has 8 heteroatoms. The number of allylic oxidation sites excluding steroid dienone is 1. The van der Waals surface area contributed by atoms with Crippen LogP contribution in [0.3, 0.4) is 0 Å². The first-order chi connectivity index (χ1) is 17.6. The molecule has 4 aromatic rings. The molecule has 2 atom stereocenters. The number of imidazole rings is 1. The Bertz CT molecular complexity index is 1330. The summed E-state index contributed by atoms with van der Waals surface area (Å²) in [4.78, 5) is 20.8. The second-order valence-corrected chi connectivity index (χ2v) is 9.89. The average Bonchev–Trinajstić information content (AvgIpc) is 3.34. The molecular weight excluding hydrogens is 569 g/mol. The number of halogens is 1. The fraction of sp³-hybridized carbons (Fsp3) is 0.214. The molecule has 7 nitrogen and oxygen atoms in total. The van der Waals surface area contributed by atoms with Gasteiger partial charge in [0, 0.05) is 15.9 Å². The summed E-state index contributed by atoms with van der Waals surface area (Å²) in [7, 11) is 0. The van der Waals surface area contributed by atoms with E-state index in [0.717, 1.165) is 31.3 Å². The van der Waals surface area contributed by atoms with Gasteiger partial charge in [0.1, 0.15) is 5.82 Å². The number of carbonyl (C=O) groups is 1. The van der Waals surface area contributed by atoms with Crippen molar-refractivity contribution in [2.75, 3.05) is 0 Å². The van der Waals surface area contributed by atoms with Gasteiger partial charge in [0.15, 0.2) is 5.76 Å². The molecule has 2 heterocycles. The zero-order valence-corrected chi connectivity index (χ0v) is 21.6. The Morgan fingerprint density at radius 2 is 1.83 bits per heavy atom. The van der Waals surface area contributed by atoms with Gasteiger partial charge in [-0.1, -0.05) is 48.5 Å². The minimum atomic E-state index is -0.580. The summed E-state index contributed by atoms with van der Waals surface area (Å²) in [6.07, 6.45) is 1.88. The van der Waals surface area contributed by atoms with Crippen LogP contribution >= 0.6 is 22.6 Å². The lowest BCUT2D eigenvalue weighted by molar-refractivity contribution is -0.150. The van der Waals surface area contributed by atoms with E-state index >= 15 is 0 Å². The molecule has 1 amide bonds.